The molecule has 20 heavy (non-hydrogen) atoms. The highest BCUT2D eigenvalue weighted by molar-refractivity contribution is 5.13. The molecular formula is C16H24FN3. The number of piperazine rings is 1. The Bertz CT molecular complexity index is 480. The lowest BCUT2D eigenvalue weighted by Crippen LogP contribution is -2.66. The van der Waals surface area contributed by atoms with E-state index in [0.717, 1.165) is 25.2 Å². The van der Waals surface area contributed by atoms with Crippen molar-refractivity contribution >= 4 is 0 Å². The van der Waals surface area contributed by atoms with Crippen LogP contribution in [0.3, 0.4) is 0 Å². The fourth-order valence-electron chi connectivity index (χ4n) is 3.57. The molecule has 1 aliphatic heterocycles. The second-order valence-electron chi connectivity index (χ2n) is 7.02. The molecule has 110 valence electrons. The van der Waals surface area contributed by atoms with E-state index in [-0.39, 0.29) is 16.9 Å². The summed E-state index contributed by atoms with van der Waals surface area (Å²) < 4.78 is 13.3. The Hall–Kier alpha value is -1.00. The quantitative estimate of drug-likeness (QED) is 0.901. The molecule has 4 heteroatoms. The molecule has 0 aromatic carbocycles. The van der Waals surface area contributed by atoms with Crippen LogP contribution in [-0.2, 0) is 6.54 Å². The monoisotopic (exact) mass is 277 g/mol. The molecule has 1 aromatic rings. The molecule has 3 rings (SSSR count). The van der Waals surface area contributed by atoms with E-state index in [1.54, 1.807) is 12.3 Å². The summed E-state index contributed by atoms with van der Waals surface area (Å²) in [6.07, 6.45) is 8.22. The van der Waals surface area contributed by atoms with Crippen molar-refractivity contribution in [3.63, 3.8) is 0 Å². The topological polar surface area (TPSA) is 28.2 Å². The van der Waals surface area contributed by atoms with Crippen molar-refractivity contribution in [2.75, 3.05) is 13.1 Å². The summed E-state index contributed by atoms with van der Waals surface area (Å²) in [6, 6.07) is 1.60. The van der Waals surface area contributed by atoms with Gasteiger partial charge in [0, 0.05) is 36.9 Å². The minimum atomic E-state index is -0.244. The number of nitrogens with zero attached hydrogens (tertiary/aromatic N) is 2. The van der Waals surface area contributed by atoms with Crippen LogP contribution < -0.4 is 5.32 Å². The molecule has 3 nitrogen and oxygen atoms in total. The SMILES string of the molecule is CC1(C)CNC2(CCCC2)CN1Cc1cncc(F)c1. The van der Waals surface area contributed by atoms with Crippen LogP contribution >= 0.6 is 0 Å². The zero-order valence-electron chi connectivity index (χ0n) is 12.5. The summed E-state index contributed by atoms with van der Waals surface area (Å²) in [6.45, 7) is 7.34. The zero-order valence-corrected chi connectivity index (χ0v) is 12.5. The highest BCUT2D eigenvalue weighted by Crippen LogP contribution is 2.36. The smallest absolute Gasteiger partial charge is 0.141 e. The van der Waals surface area contributed by atoms with Gasteiger partial charge in [-0.1, -0.05) is 12.8 Å². The van der Waals surface area contributed by atoms with Gasteiger partial charge in [0.2, 0.25) is 0 Å². The van der Waals surface area contributed by atoms with Gasteiger partial charge in [-0.2, -0.15) is 0 Å². The lowest BCUT2D eigenvalue weighted by Gasteiger charge is -2.51. The van der Waals surface area contributed by atoms with Gasteiger partial charge in [-0.3, -0.25) is 9.88 Å². The van der Waals surface area contributed by atoms with E-state index in [1.165, 1.54) is 31.9 Å². The van der Waals surface area contributed by atoms with Crippen molar-refractivity contribution in [1.82, 2.24) is 15.2 Å². The van der Waals surface area contributed by atoms with E-state index in [1.807, 2.05) is 0 Å². The molecular weight excluding hydrogens is 253 g/mol. The Morgan fingerprint density at radius 3 is 2.75 bits per heavy atom. The Balaban J connectivity index is 1.78. The second-order valence-corrected chi connectivity index (χ2v) is 7.02. The Kier molecular flexibility index (Phi) is 3.55. The van der Waals surface area contributed by atoms with Gasteiger partial charge in [-0.05, 0) is 38.3 Å². The van der Waals surface area contributed by atoms with E-state index in [4.69, 9.17) is 0 Å². The molecule has 1 saturated carbocycles. The summed E-state index contributed by atoms with van der Waals surface area (Å²) >= 11 is 0. The van der Waals surface area contributed by atoms with Gasteiger partial charge < -0.3 is 5.32 Å². The van der Waals surface area contributed by atoms with E-state index < -0.39 is 0 Å². The number of nitrogens with one attached hydrogen (secondary N) is 1. The number of pyridine rings is 1. The van der Waals surface area contributed by atoms with Crippen molar-refractivity contribution in [2.24, 2.45) is 0 Å². The summed E-state index contributed by atoms with van der Waals surface area (Å²) in [7, 11) is 0. The third-order valence-corrected chi connectivity index (χ3v) is 4.94. The average Bonchev–Trinajstić information content (AvgIpc) is 2.84. The number of hydrogen-bond donors (Lipinski definition) is 1. The summed E-state index contributed by atoms with van der Waals surface area (Å²) in [5.74, 6) is -0.244. The van der Waals surface area contributed by atoms with E-state index >= 15 is 0 Å². The van der Waals surface area contributed by atoms with Crippen molar-refractivity contribution in [2.45, 2.75) is 57.2 Å². The highest BCUT2D eigenvalue weighted by Gasteiger charge is 2.43. The zero-order chi connectivity index (χ0) is 14.2. The maximum atomic E-state index is 13.3. The van der Waals surface area contributed by atoms with Crippen LogP contribution in [-0.4, -0.2) is 34.1 Å². The molecule has 0 unspecified atom stereocenters. The lowest BCUT2D eigenvalue weighted by atomic mass is 9.87. The van der Waals surface area contributed by atoms with Crippen LogP contribution in [0.25, 0.3) is 0 Å². The largest absolute Gasteiger partial charge is 0.308 e. The van der Waals surface area contributed by atoms with E-state index in [0.29, 0.717) is 0 Å². The van der Waals surface area contributed by atoms with Crippen LogP contribution in [0.2, 0.25) is 0 Å². The fraction of sp³-hybridized carbons (Fsp3) is 0.688. The first-order chi connectivity index (χ1) is 9.49. The Morgan fingerprint density at radius 2 is 2.05 bits per heavy atom. The summed E-state index contributed by atoms with van der Waals surface area (Å²) in [5, 5.41) is 3.78. The van der Waals surface area contributed by atoms with Gasteiger partial charge in [-0.15, -0.1) is 0 Å². The van der Waals surface area contributed by atoms with Crippen LogP contribution in [0.5, 0.6) is 0 Å². The first kappa shape index (κ1) is 14.0. The van der Waals surface area contributed by atoms with Crippen molar-refractivity contribution in [1.29, 1.82) is 0 Å². The molecule has 0 atom stereocenters. The molecule has 1 aromatic heterocycles. The van der Waals surface area contributed by atoms with E-state index in [9.17, 15) is 4.39 Å². The fourth-order valence-corrected chi connectivity index (χ4v) is 3.57. The van der Waals surface area contributed by atoms with Crippen molar-refractivity contribution in [3.05, 3.63) is 29.8 Å². The molecule has 2 heterocycles. The Labute approximate surface area is 120 Å². The van der Waals surface area contributed by atoms with Crippen LogP contribution in [0.1, 0.15) is 45.1 Å². The molecule has 1 spiro atoms. The molecule has 2 fully saturated rings. The van der Waals surface area contributed by atoms with Crippen LogP contribution in [0.4, 0.5) is 4.39 Å². The normalized spacial score (nSPS) is 25.1. The number of rotatable bonds is 2. The van der Waals surface area contributed by atoms with Gasteiger partial charge in [0.1, 0.15) is 5.82 Å². The molecule has 0 bridgehead atoms. The van der Waals surface area contributed by atoms with Crippen molar-refractivity contribution < 1.29 is 4.39 Å². The first-order valence-corrected chi connectivity index (χ1v) is 7.59. The Morgan fingerprint density at radius 1 is 1.30 bits per heavy atom. The number of halogens is 1. The van der Waals surface area contributed by atoms with Gasteiger partial charge in [-0.25, -0.2) is 4.39 Å². The lowest BCUT2D eigenvalue weighted by molar-refractivity contribution is 0.0216. The van der Waals surface area contributed by atoms with Crippen LogP contribution in [0.15, 0.2) is 18.5 Å². The highest BCUT2D eigenvalue weighted by atomic mass is 19.1. The number of aromatic nitrogens is 1. The van der Waals surface area contributed by atoms with Gasteiger partial charge >= 0.3 is 0 Å². The molecule has 0 amide bonds. The predicted molar refractivity (Wildman–Crippen MR) is 77.9 cm³/mol. The average molecular weight is 277 g/mol. The molecule has 1 N–H and O–H groups in total. The van der Waals surface area contributed by atoms with Gasteiger partial charge in [0.05, 0.1) is 6.20 Å². The third-order valence-electron chi connectivity index (χ3n) is 4.94. The maximum Gasteiger partial charge on any atom is 0.141 e. The summed E-state index contributed by atoms with van der Waals surface area (Å²) in [5.41, 5.74) is 1.35. The molecule has 1 aliphatic carbocycles. The first-order valence-electron chi connectivity index (χ1n) is 7.59. The van der Waals surface area contributed by atoms with Gasteiger partial charge in [0.25, 0.3) is 0 Å². The van der Waals surface area contributed by atoms with Gasteiger partial charge in [0.15, 0.2) is 0 Å². The third kappa shape index (κ3) is 2.72. The minimum absolute atomic E-state index is 0.0974. The minimum Gasteiger partial charge on any atom is -0.308 e. The van der Waals surface area contributed by atoms with Crippen molar-refractivity contribution in [3.8, 4) is 0 Å². The number of hydrogen-bond acceptors (Lipinski definition) is 3. The predicted octanol–water partition coefficient (Wildman–Crippen LogP) is 2.72. The van der Waals surface area contributed by atoms with Crippen LogP contribution in [0, 0.1) is 5.82 Å². The molecule has 0 radical (unpaired) electrons. The second kappa shape index (κ2) is 5.08. The van der Waals surface area contributed by atoms with E-state index in [2.05, 4.69) is 29.0 Å². The standard InChI is InChI=1S/C16H24FN3/c1-15(2)11-19-16(5-3-4-6-16)12-20(15)10-13-7-14(17)9-18-8-13/h7-9,19H,3-6,10-12H2,1-2H3. The molecule has 2 aliphatic rings. The summed E-state index contributed by atoms with van der Waals surface area (Å²) in [4.78, 5) is 6.46. The maximum absolute atomic E-state index is 13.3. The molecule has 1 saturated heterocycles.